The van der Waals surface area contributed by atoms with Crippen LogP contribution in [0.15, 0.2) is 24.3 Å². The van der Waals surface area contributed by atoms with E-state index in [-0.39, 0.29) is 6.61 Å². The summed E-state index contributed by atoms with van der Waals surface area (Å²) >= 11 is 0. The molecule has 0 aromatic heterocycles. The Morgan fingerprint density at radius 2 is 1.56 bits per heavy atom. The maximum absolute atomic E-state index is 9.06. The smallest absolute Gasteiger partial charge is 0.0449 e. The molecule has 1 rings (SSSR count). The zero-order valence-electron chi connectivity index (χ0n) is 10.8. The maximum Gasteiger partial charge on any atom is 0.0449 e. The van der Waals surface area contributed by atoms with E-state index in [4.69, 9.17) is 5.11 Å². The maximum atomic E-state index is 9.06. The van der Waals surface area contributed by atoms with E-state index >= 15 is 0 Å². The van der Waals surface area contributed by atoms with Crippen LogP contribution in [0, 0.1) is 0 Å². The fraction of sp³-hybridized carbons (Fsp3) is 0.571. The normalized spacial score (nSPS) is 13.4. The number of hydrogen-bond acceptors (Lipinski definition) is 2. The monoisotopic (exact) mass is 221 g/mol. The third-order valence-electron chi connectivity index (χ3n) is 3.01. The van der Waals surface area contributed by atoms with Gasteiger partial charge in [-0.3, -0.25) is 0 Å². The van der Waals surface area contributed by atoms with Crippen molar-refractivity contribution in [2.45, 2.75) is 32.2 Å². The Kier molecular flexibility index (Phi) is 4.97. The second kappa shape index (κ2) is 6.02. The Bertz CT molecular complexity index is 303. The first-order valence-electron chi connectivity index (χ1n) is 5.93. The molecule has 16 heavy (non-hydrogen) atoms. The van der Waals surface area contributed by atoms with Crippen LogP contribution in [0.1, 0.15) is 43.4 Å². The van der Waals surface area contributed by atoms with Crippen molar-refractivity contribution < 1.29 is 5.11 Å². The van der Waals surface area contributed by atoms with Crippen molar-refractivity contribution in [1.82, 2.24) is 4.90 Å². The van der Waals surface area contributed by atoms with E-state index in [9.17, 15) is 0 Å². The van der Waals surface area contributed by atoms with Gasteiger partial charge < -0.3 is 10.0 Å². The second-order valence-electron chi connectivity index (χ2n) is 4.81. The SMILES string of the molecule is CC(C)c1ccc(C(CCO)N(C)C)cc1. The lowest BCUT2D eigenvalue weighted by Crippen LogP contribution is -2.21. The quantitative estimate of drug-likeness (QED) is 0.826. The molecule has 2 heteroatoms. The zero-order chi connectivity index (χ0) is 12.1. The Hall–Kier alpha value is -0.860. The molecule has 2 nitrogen and oxygen atoms in total. The van der Waals surface area contributed by atoms with Crippen molar-refractivity contribution in [2.24, 2.45) is 0 Å². The lowest BCUT2D eigenvalue weighted by atomic mass is 9.97. The van der Waals surface area contributed by atoms with Crippen LogP contribution in [0.5, 0.6) is 0 Å². The molecule has 1 aromatic carbocycles. The summed E-state index contributed by atoms with van der Waals surface area (Å²) in [5.74, 6) is 0.574. The van der Waals surface area contributed by atoms with Gasteiger partial charge >= 0.3 is 0 Å². The number of aliphatic hydroxyl groups is 1. The molecule has 0 amide bonds. The summed E-state index contributed by atoms with van der Waals surface area (Å²) in [6, 6.07) is 9.04. The van der Waals surface area contributed by atoms with Crippen LogP contribution in [0.4, 0.5) is 0 Å². The third kappa shape index (κ3) is 3.32. The van der Waals surface area contributed by atoms with Gasteiger partial charge in [-0.05, 0) is 37.6 Å². The first-order valence-corrected chi connectivity index (χ1v) is 5.93. The average molecular weight is 221 g/mol. The van der Waals surface area contributed by atoms with Crippen LogP contribution in [-0.2, 0) is 0 Å². The Morgan fingerprint density at radius 1 is 1.06 bits per heavy atom. The van der Waals surface area contributed by atoms with Gasteiger partial charge in [0.25, 0.3) is 0 Å². The Balaban J connectivity index is 2.85. The minimum absolute atomic E-state index is 0.231. The van der Waals surface area contributed by atoms with Gasteiger partial charge in [-0.2, -0.15) is 0 Å². The number of hydrogen-bond donors (Lipinski definition) is 1. The van der Waals surface area contributed by atoms with E-state index in [0.717, 1.165) is 6.42 Å². The molecule has 0 aliphatic heterocycles. The highest BCUT2D eigenvalue weighted by Gasteiger charge is 2.13. The van der Waals surface area contributed by atoms with E-state index in [0.29, 0.717) is 12.0 Å². The van der Waals surface area contributed by atoms with Gasteiger partial charge in [-0.15, -0.1) is 0 Å². The van der Waals surface area contributed by atoms with E-state index < -0.39 is 0 Å². The van der Waals surface area contributed by atoms with Crippen molar-refractivity contribution in [1.29, 1.82) is 0 Å². The molecule has 0 aliphatic carbocycles. The summed E-state index contributed by atoms with van der Waals surface area (Å²) in [7, 11) is 4.10. The topological polar surface area (TPSA) is 23.5 Å². The largest absolute Gasteiger partial charge is 0.396 e. The first-order chi connectivity index (χ1) is 7.56. The van der Waals surface area contributed by atoms with Crippen molar-refractivity contribution in [3.63, 3.8) is 0 Å². The van der Waals surface area contributed by atoms with Gasteiger partial charge in [-0.25, -0.2) is 0 Å². The van der Waals surface area contributed by atoms with Gasteiger partial charge in [0.1, 0.15) is 0 Å². The van der Waals surface area contributed by atoms with Crippen LogP contribution < -0.4 is 0 Å². The molecule has 1 atom stereocenters. The van der Waals surface area contributed by atoms with Crippen LogP contribution in [0.2, 0.25) is 0 Å². The standard InChI is InChI=1S/C14H23NO/c1-11(2)12-5-7-13(8-6-12)14(9-10-16)15(3)4/h5-8,11,14,16H,9-10H2,1-4H3. The van der Waals surface area contributed by atoms with Crippen molar-refractivity contribution in [3.05, 3.63) is 35.4 Å². The summed E-state index contributed by atoms with van der Waals surface area (Å²) in [5.41, 5.74) is 2.65. The first kappa shape index (κ1) is 13.2. The molecule has 0 saturated carbocycles. The highest BCUT2D eigenvalue weighted by molar-refractivity contribution is 5.26. The zero-order valence-corrected chi connectivity index (χ0v) is 10.8. The summed E-state index contributed by atoms with van der Waals surface area (Å²) in [6.07, 6.45) is 0.786. The Labute approximate surface area is 98.9 Å². The minimum atomic E-state index is 0.231. The minimum Gasteiger partial charge on any atom is -0.396 e. The summed E-state index contributed by atoms with van der Waals surface area (Å²) in [4.78, 5) is 2.15. The lowest BCUT2D eigenvalue weighted by molar-refractivity contribution is 0.211. The van der Waals surface area contributed by atoms with Gasteiger partial charge in [0.05, 0.1) is 0 Å². The Morgan fingerprint density at radius 3 is 1.94 bits per heavy atom. The molecule has 90 valence electrons. The van der Waals surface area contributed by atoms with Crippen LogP contribution in [0.25, 0.3) is 0 Å². The molecular formula is C14H23NO. The fourth-order valence-corrected chi connectivity index (χ4v) is 1.95. The molecule has 1 N–H and O–H groups in total. The molecular weight excluding hydrogens is 198 g/mol. The molecule has 0 spiro atoms. The highest BCUT2D eigenvalue weighted by atomic mass is 16.3. The number of nitrogens with zero attached hydrogens (tertiary/aromatic N) is 1. The number of aliphatic hydroxyl groups excluding tert-OH is 1. The van der Waals surface area contributed by atoms with Gasteiger partial charge in [-0.1, -0.05) is 38.1 Å². The molecule has 0 bridgehead atoms. The van der Waals surface area contributed by atoms with Crippen LogP contribution in [-0.4, -0.2) is 30.7 Å². The van der Waals surface area contributed by atoms with E-state index in [1.165, 1.54) is 11.1 Å². The second-order valence-corrected chi connectivity index (χ2v) is 4.81. The third-order valence-corrected chi connectivity index (χ3v) is 3.01. The molecule has 0 radical (unpaired) electrons. The highest BCUT2D eigenvalue weighted by Crippen LogP contribution is 2.23. The van der Waals surface area contributed by atoms with Gasteiger partial charge in [0, 0.05) is 12.6 Å². The van der Waals surface area contributed by atoms with E-state index in [1.54, 1.807) is 0 Å². The summed E-state index contributed by atoms with van der Waals surface area (Å²) in [5, 5.41) is 9.06. The predicted molar refractivity (Wildman–Crippen MR) is 68.7 cm³/mol. The predicted octanol–water partition coefficient (Wildman–Crippen LogP) is 2.80. The fourth-order valence-electron chi connectivity index (χ4n) is 1.95. The molecule has 0 aliphatic rings. The van der Waals surface area contributed by atoms with Crippen LogP contribution >= 0.6 is 0 Å². The van der Waals surface area contributed by atoms with E-state index in [1.807, 2.05) is 0 Å². The van der Waals surface area contributed by atoms with E-state index in [2.05, 4.69) is 57.1 Å². The number of rotatable bonds is 5. The van der Waals surface area contributed by atoms with Gasteiger partial charge in [0.15, 0.2) is 0 Å². The van der Waals surface area contributed by atoms with Crippen LogP contribution in [0.3, 0.4) is 0 Å². The number of benzene rings is 1. The van der Waals surface area contributed by atoms with Gasteiger partial charge in [0.2, 0.25) is 0 Å². The van der Waals surface area contributed by atoms with Crippen molar-refractivity contribution in [3.8, 4) is 0 Å². The average Bonchev–Trinajstić information content (AvgIpc) is 2.25. The van der Waals surface area contributed by atoms with Crippen molar-refractivity contribution >= 4 is 0 Å². The molecule has 1 aromatic rings. The molecule has 0 fully saturated rings. The van der Waals surface area contributed by atoms with Crippen molar-refractivity contribution in [2.75, 3.05) is 20.7 Å². The molecule has 0 saturated heterocycles. The lowest BCUT2D eigenvalue weighted by Gasteiger charge is -2.24. The summed E-state index contributed by atoms with van der Waals surface area (Å²) < 4.78 is 0. The summed E-state index contributed by atoms with van der Waals surface area (Å²) in [6.45, 7) is 4.63. The molecule has 0 heterocycles. The molecule has 1 unspecified atom stereocenters.